The van der Waals surface area contributed by atoms with Crippen LogP contribution < -0.4 is 11.1 Å². The summed E-state index contributed by atoms with van der Waals surface area (Å²) in [6.07, 6.45) is 0. The zero-order chi connectivity index (χ0) is 11.5. The molecule has 3 N–H and O–H groups in total. The number of thioether (sulfide) groups is 1. The molecule has 1 amide bonds. The van der Waals surface area contributed by atoms with Gasteiger partial charge in [-0.2, -0.15) is 0 Å². The highest BCUT2D eigenvalue weighted by molar-refractivity contribution is 7.99. The Hall–Kier alpha value is -1.69. The van der Waals surface area contributed by atoms with Gasteiger partial charge < -0.3 is 15.5 Å². The number of carbonyl (C=O) groups excluding carboxylic acids is 1. The summed E-state index contributed by atoms with van der Waals surface area (Å²) in [5.74, 6) is 0.227. The summed E-state index contributed by atoms with van der Waals surface area (Å²) in [6.45, 7) is 0. The van der Waals surface area contributed by atoms with E-state index in [0.717, 1.165) is 0 Å². The highest BCUT2D eigenvalue weighted by atomic mass is 32.2. The lowest BCUT2D eigenvalue weighted by molar-refractivity contribution is -0.118. The van der Waals surface area contributed by atoms with Crippen molar-refractivity contribution >= 4 is 34.5 Å². The molecule has 1 aromatic heterocycles. The number of carbonyl (C=O) groups is 1. The SMILES string of the molecule is CNC(=O)CSc1nc2cc(N)ccc2o1. The molecule has 0 unspecified atom stereocenters. The number of oxazole rings is 1. The monoisotopic (exact) mass is 237 g/mol. The van der Waals surface area contributed by atoms with Gasteiger partial charge in [0.2, 0.25) is 5.91 Å². The number of anilines is 1. The number of benzene rings is 1. The molecule has 0 spiro atoms. The van der Waals surface area contributed by atoms with Crippen LogP contribution in [-0.4, -0.2) is 23.7 Å². The Kier molecular flexibility index (Phi) is 3.00. The Labute approximate surface area is 96.4 Å². The van der Waals surface area contributed by atoms with Crippen molar-refractivity contribution in [2.24, 2.45) is 0 Å². The molecular weight excluding hydrogens is 226 g/mol. The van der Waals surface area contributed by atoms with Crippen LogP contribution in [-0.2, 0) is 4.79 Å². The van der Waals surface area contributed by atoms with Gasteiger partial charge in [0.05, 0.1) is 5.75 Å². The molecule has 0 bridgehead atoms. The number of hydrogen-bond acceptors (Lipinski definition) is 5. The molecule has 2 aromatic rings. The number of amides is 1. The maximum absolute atomic E-state index is 11.0. The second-order valence-electron chi connectivity index (χ2n) is 3.17. The molecule has 1 aromatic carbocycles. The van der Waals surface area contributed by atoms with Crippen molar-refractivity contribution in [3.63, 3.8) is 0 Å². The molecular formula is C10H11N3O2S. The number of hydrogen-bond donors (Lipinski definition) is 2. The predicted octanol–water partition coefficient (Wildman–Crippen LogP) is 1.25. The minimum absolute atomic E-state index is 0.0632. The van der Waals surface area contributed by atoms with Crippen molar-refractivity contribution in [3.8, 4) is 0 Å². The molecule has 0 aliphatic carbocycles. The third-order valence-electron chi connectivity index (χ3n) is 2.00. The number of rotatable bonds is 3. The average Bonchev–Trinajstić information content (AvgIpc) is 2.67. The quantitative estimate of drug-likeness (QED) is 0.620. The van der Waals surface area contributed by atoms with E-state index >= 15 is 0 Å². The van der Waals surface area contributed by atoms with Crippen LogP contribution in [0.25, 0.3) is 11.1 Å². The molecule has 0 saturated carbocycles. The highest BCUT2D eigenvalue weighted by Crippen LogP contribution is 2.24. The van der Waals surface area contributed by atoms with Crippen LogP contribution in [0.2, 0.25) is 0 Å². The highest BCUT2D eigenvalue weighted by Gasteiger charge is 2.08. The van der Waals surface area contributed by atoms with Gasteiger partial charge in [-0.1, -0.05) is 11.8 Å². The first-order valence-electron chi connectivity index (χ1n) is 4.68. The minimum Gasteiger partial charge on any atom is -0.431 e. The Bertz CT molecular complexity index is 524. The fourth-order valence-electron chi connectivity index (χ4n) is 1.18. The number of nitrogen functional groups attached to an aromatic ring is 1. The van der Waals surface area contributed by atoms with Gasteiger partial charge in [-0.25, -0.2) is 4.98 Å². The van der Waals surface area contributed by atoms with Crippen LogP contribution in [0.3, 0.4) is 0 Å². The maximum Gasteiger partial charge on any atom is 0.257 e. The van der Waals surface area contributed by atoms with E-state index in [9.17, 15) is 4.79 Å². The summed E-state index contributed by atoms with van der Waals surface area (Å²) in [5.41, 5.74) is 7.65. The summed E-state index contributed by atoms with van der Waals surface area (Å²) in [5, 5.41) is 3.00. The molecule has 0 atom stereocenters. The molecule has 0 fully saturated rings. The minimum atomic E-state index is -0.0632. The van der Waals surface area contributed by atoms with Crippen molar-refractivity contribution in [2.75, 3.05) is 18.5 Å². The lowest BCUT2D eigenvalue weighted by atomic mass is 10.3. The Balaban J connectivity index is 2.16. The smallest absolute Gasteiger partial charge is 0.257 e. The van der Waals surface area contributed by atoms with Gasteiger partial charge in [0.1, 0.15) is 5.52 Å². The van der Waals surface area contributed by atoms with Crippen LogP contribution in [0.4, 0.5) is 5.69 Å². The molecule has 0 saturated heterocycles. The lowest BCUT2D eigenvalue weighted by Crippen LogP contribution is -2.19. The van der Waals surface area contributed by atoms with E-state index in [1.54, 1.807) is 25.2 Å². The van der Waals surface area contributed by atoms with Gasteiger partial charge in [-0.3, -0.25) is 4.79 Å². The number of fused-ring (bicyclic) bond motifs is 1. The second-order valence-corrected chi connectivity index (χ2v) is 4.10. The summed E-state index contributed by atoms with van der Waals surface area (Å²) in [6, 6.07) is 5.26. The fourth-order valence-corrected chi connectivity index (χ4v) is 1.90. The molecule has 1 heterocycles. The lowest BCUT2D eigenvalue weighted by Gasteiger charge is -1.94. The largest absolute Gasteiger partial charge is 0.431 e. The molecule has 84 valence electrons. The van der Waals surface area contributed by atoms with E-state index in [1.807, 2.05) is 0 Å². The normalized spacial score (nSPS) is 10.6. The first-order valence-corrected chi connectivity index (χ1v) is 5.67. The summed E-state index contributed by atoms with van der Waals surface area (Å²) in [7, 11) is 1.59. The van der Waals surface area contributed by atoms with Crippen LogP contribution in [0.15, 0.2) is 27.8 Å². The van der Waals surface area contributed by atoms with Gasteiger partial charge in [0.15, 0.2) is 5.58 Å². The van der Waals surface area contributed by atoms with Gasteiger partial charge in [-0.15, -0.1) is 0 Å². The molecule has 0 aliphatic rings. The van der Waals surface area contributed by atoms with Gasteiger partial charge in [-0.05, 0) is 18.2 Å². The average molecular weight is 237 g/mol. The van der Waals surface area contributed by atoms with E-state index in [-0.39, 0.29) is 5.91 Å². The molecule has 5 nitrogen and oxygen atoms in total. The van der Waals surface area contributed by atoms with Crippen molar-refractivity contribution in [1.82, 2.24) is 10.3 Å². The fraction of sp³-hybridized carbons (Fsp3) is 0.200. The van der Waals surface area contributed by atoms with Gasteiger partial charge >= 0.3 is 0 Å². The standard InChI is InChI=1S/C10H11N3O2S/c1-12-9(14)5-16-10-13-7-4-6(11)2-3-8(7)15-10/h2-4H,5,11H2,1H3,(H,12,14). The van der Waals surface area contributed by atoms with Crippen LogP contribution in [0, 0.1) is 0 Å². The maximum atomic E-state index is 11.0. The Morgan fingerprint density at radius 3 is 3.19 bits per heavy atom. The van der Waals surface area contributed by atoms with Crippen molar-refractivity contribution < 1.29 is 9.21 Å². The van der Waals surface area contributed by atoms with E-state index in [2.05, 4.69) is 10.3 Å². The Morgan fingerprint density at radius 2 is 2.44 bits per heavy atom. The molecule has 2 rings (SSSR count). The summed E-state index contributed by atoms with van der Waals surface area (Å²) >= 11 is 1.25. The Morgan fingerprint density at radius 1 is 1.62 bits per heavy atom. The van der Waals surface area contributed by atoms with Crippen LogP contribution >= 0.6 is 11.8 Å². The predicted molar refractivity (Wildman–Crippen MR) is 63.2 cm³/mol. The van der Waals surface area contributed by atoms with Crippen LogP contribution in [0.5, 0.6) is 0 Å². The number of nitrogens with one attached hydrogen (secondary N) is 1. The van der Waals surface area contributed by atoms with Crippen molar-refractivity contribution in [3.05, 3.63) is 18.2 Å². The second kappa shape index (κ2) is 4.44. The molecule has 0 aliphatic heterocycles. The topological polar surface area (TPSA) is 81.2 Å². The third-order valence-corrected chi connectivity index (χ3v) is 2.83. The first-order chi connectivity index (χ1) is 7.69. The van der Waals surface area contributed by atoms with Gasteiger partial charge in [0.25, 0.3) is 5.22 Å². The zero-order valence-corrected chi connectivity index (χ0v) is 9.50. The van der Waals surface area contributed by atoms with Gasteiger partial charge in [0, 0.05) is 12.7 Å². The van der Waals surface area contributed by atoms with E-state index in [4.69, 9.17) is 10.2 Å². The zero-order valence-electron chi connectivity index (χ0n) is 8.69. The summed E-state index contributed by atoms with van der Waals surface area (Å²) < 4.78 is 5.43. The third kappa shape index (κ3) is 2.27. The number of nitrogens with two attached hydrogens (primary N) is 1. The first kappa shape index (κ1) is 10.8. The molecule has 6 heteroatoms. The van der Waals surface area contributed by atoms with Crippen LogP contribution in [0.1, 0.15) is 0 Å². The number of nitrogens with zero attached hydrogens (tertiary/aromatic N) is 1. The van der Waals surface area contributed by atoms with E-state index in [1.165, 1.54) is 11.8 Å². The van der Waals surface area contributed by atoms with E-state index in [0.29, 0.717) is 27.8 Å². The number of aromatic nitrogens is 1. The summed E-state index contributed by atoms with van der Waals surface area (Å²) in [4.78, 5) is 15.2. The van der Waals surface area contributed by atoms with Crippen molar-refractivity contribution in [2.45, 2.75) is 5.22 Å². The van der Waals surface area contributed by atoms with E-state index < -0.39 is 0 Å². The molecule has 16 heavy (non-hydrogen) atoms. The van der Waals surface area contributed by atoms with Crippen molar-refractivity contribution in [1.29, 1.82) is 0 Å². The molecule has 0 radical (unpaired) electrons.